The molecule has 9 nitrogen and oxygen atoms in total. The summed E-state index contributed by atoms with van der Waals surface area (Å²) in [6.07, 6.45) is 2.78. The van der Waals surface area contributed by atoms with Crippen LogP contribution in [0.15, 0.2) is 53.8 Å². The summed E-state index contributed by atoms with van der Waals surface area (Å²) in [5.74, 6) is -0.834. The minimum Gasteiger partial charge on any atom is -0.545 e. The van der Waals surface area contributed by atoms with Crippen LogP contribution in [-0.4, -0.2) is 26.7 Å². The van der Waals surface area contributed by atoms with E-state index in [2.05, 4.69) is 15.5 Å². The highest BCUT2D eigenvalue weighted by molar-refractivity contribution is 5.86. The van der Waals surface area contributed by atoms with Gasteiger partial charge in [0.05, 0.1) is 17.1 Å². The van der Waals surface area contributed by atoms with E-state index in [1.54, 1.807) is 18.3 Å². The number of anilines is 1. The molecule has 0 bridgehead atoms. The smallest absolute Gasteiger partial charge is 0.287 e. The number of hydrogen-bond donors (Lipinski definition) is 1. The lowest BCUT2D eigenvalue weighted by Crippen LogP contribution is -2.22. The normalized spacial score (nSPS) is 10.9. The number of hydrazone groups is 1. The van der Waals surface area contributed by atoms with Crippen LogP contribution in [0.2, 0.25) is 0 Å². The molecule has 0 spiro atoms. The Hall–Kier alpha value is -4.01. The highest BCUT2D eigenvalue weighted by Crippen LogP contribution is 2.20. The second-order valence-corrected chi connectivity index (χ2v) is 6.02. The molecule has 0 saturated carbocycles. The first kappa shape index (κ1) is 18.8. The Morgan fingerprint density at radius 3 is 2.50 bits per heavy atom. The average molecular weight is 378 g/mol. The molecular formula is C19H16N5O4-. The summed E-state index contributed by atoms with van der Waals surface area (Å²) in [5, 5.41) is 25.7. The van der Waals surface area contributed by atoms with Crippen molar-refractivity contribution in [2.75, 3.05) is 5.43 Å². The molecule has 1 N–H and O–H groups in total. The molecule has 0 aliphatic carbocycles. The molecule has 3 rings (SSSR count). The van der Waals surface area contributed by atoms with Crippen LogP contribution in [0.4, 0.5) is 11.5 Å². The van der Waals surface area contributed by atoms with Gasteiger partial charge in [0, 0.05) is 28.7 Å². The van der Waals surface area contributed by atoms with Gasteiger partial charge in [-0.15, -0.1) is 0 Å². The Bertz CT molecular complexity index is 1050. The van der Waals surface area contributed by atoms with Crippen LogP contribution in [-0.2, 0) is 0 Å². The van der Waals surface area contributed by atoms with Gasteiger partial charge in [0.25, 0.3) is 5.69 Å². The van der Waals surface area contributed by atoms with E-state index < -0.39 is 10.9 Å². The standard InChI is InChI=1S/C19H17N5O4/c1-12-9-15(10-21-22-18-8-7-17(11-20-18)24(27)28)13(2)23(12)16-5-3-14(4-6-16)19(25)26/h3-11H,1-2H3,(H,20,22)(H,25,26)/p-1/b21-10-. The van der Waals surface area contributed by atoms with Crippen LogP contribution >= 0.6 is 0 Å². The molecule has 0 amide bonds. The molecule has 0 aliphatic heterocycles. The Kier molecular flexibility index (Phi) is 5.16. The molecule has 9 heteroatoms. The zero-order valence-electron chi connectivity index (χ0n) is 15.1. The largest absolute Gasteiger partial charge is 0.545 e. The first-order valence-electron chi connectivity index (χ1n) is 8.27. The summed E-state index contributed by atoms with van der Waals surface area (Å²) in [5.41, 5.74) is 6.30. The molecule has 2 aromatic heterocycles. The average Bonchev–Trinajstić information content (AvgIpc) is 2.95. The van der Waals surface area contributed by atoms with E-state index in [9.17, 15) is 20.0 Å². The van der Waals surface area contributed by atoms with Gasteiger partial charge in [0.2, 0.25) is 0 Å². The van der Waals surface area contributed by atoms with Crippen molar-refractivity contribution in [2.24, 2.45) is 5.10 Å². The van der Waals surface area contributed by atoms with Crippen LogP contribution < -0.4 is 10.5 Å². The van der Waals surface area contributed by atoms with Crippen LogP contribution in [0.3, 0.4) is 0 Å². The van der Waals surface area contributed by atoms with Gasteiger partial charge in [-0.3, -0.25) is 15.5 Å². The van der Waals surface area contributed by atoms with Gasteiger partial charge in [0.1, 0.15) is 12.0 Å². The van der Waals surface area contributed by atoms with Gasteiger partial charge in [0.15, 0.2) is 0 Å². The van der Waals surface area contributed by atoms with Crippen LogP contribution in [0.25, 0.3) is 5.69 Å². The van der Waals surface area contributed by atoms with Gasteiger partial charge in [-0.05, 0) is 43.7 Å². The SMILES string of the molecule is Cc1cc(/C=N\Nc2ccc([N+](=O)[O-])cn2)c(C)n1-c1ccc(C(=O)[O-])cc1. The number of aryl methyl sites for hydroxylation is 1. The van der Waals surface area contributed by atoms with E-state index in [1.807, 2.05) is 24.5 Å². The van der Waals surface area contributed by atoms with Crippen LogP contribution in [0, 0.1) is 24.0 Å². The van der Waals surface area contributed by atoms with Gasteiger partial charge >= 0.3 is 0 Å². The van der Waals surface area contributed by atoms with Gasteiger partial charge in [-0.2, -0.15) is 5.10 Å². The zero-order chi connectivity index (χ0) is 20.3. The molecule has 0 atom stereocenters. The Balaban J connectivity index is 1.78. The molecule has 3 aromatic rings. The van der Waals surface area contributed by atoms with Crippen molar-refractivity contribution >= 4 is 23.7 Å². The fraction of sp³-hybridized carbons (Fsp3) is 0.105. The van der Waals surface area contributed by atoms with Crippen LogP contribution in [0.1, 0.15) is 27.3 Å². The van der Waals surface area contributed by atoms with Gasteiger partial charge in [-0.1, -0.05) is 12.1 Å². The molecule has 1 aromatic carbocycles. The molecular weight excluding hydrogens is 362 g/mol. The number of nitrogens with one attached hydrogen (secondary N) is 1. The Morgan fingerprint density at radius 1 is 1.21 bits per heavy atom. The number of carbonyl (C=O) groups excluding carboxylic acids is 1. The Labute approximate surface area is 160 Å². The number of nitro groups is 1. The third kappa shape index (κ3) is 3.88. The fourth-order valence-electron chi connectivity index (χ4n) is 2.79. The summed E-state index contributed by atoms with van der Waals surface area (Å²) in [4.78, 5) is 24.9. The van der Waals surface area contributed by atoms with E-state index in [0.29, 0.717) is 5.82 Å². The lowest BCUT2D eigenvalue weighted by Gasteiger charge is -2.11. The first-order chi connectivity index (χ1) is 13.4. The molecule has 0 unspecified atom stereocenters. The lowest BCUT2D eigenvalue weighted by atomic mass is 10.2. The summed E-state index contributed by atoms with van der Waals surface area (Å²) in [6.45, 7) is 3.85. The maximum Gasteiger partial charge on any atom is 0.287 e. The van der Waals surface area contributed by atoms with Gasteiger partial charge < -0.3 is 14.5 Å². The second-order valence-electron chi connectivity index (χ2n) is 6.02. The highest BCUT2D eigenvalue weighted by Gasteiger charge is 2.10. The number of pyridine rings is 1. The quantitative estimate of drug-likeness (QED) is 0.398. The fourth-order valence-corrected chi connectivity index (χ4v) is 2.79. The predicted octanol–water partition coefficient (Wildman–Crippen LogP) is 2.21. The summed E-state index contributed by atoms with van der Waals surface area (Å²) < 4.78 is 1.98. The lowest BCUT2D eigenvalue weighted by molar-refractivity contribution is -0.385. The Morgan fingerprint density at radius 2 is 1.93 bits per heavy atom. The predicted molar refractivity (Wildman–Crippen MR) is 102 cm³/mol. The summed E-state index contributed by atoms with van der Waals surface area (Å²) in [7, 11) is 0. The monoisotopic (exact) mass is 378 g/mol. The van der Waals surface area contributed by atoms with Crippen molar-refractivity contribution in [2.45, 2.75) is 13.8 Å². The van der Waals surface area contributed by atoms with Gasteiger partial charge in [-0.25, -0.2) is 4.98 Å². The topological polar surface area (TPSA) is 125 Å². The number of nitrogens with zero attached hydrogens (tertiary/aromatic N) is 4. The summed E-state index contributed by atoms with van der Waals surface area (Å²) >= 11 is 0. The van der Waals surface area contributed by atoms with Crippen molar-refractivity contribution in [3.05, 3.63) is 81.3 Å². The molecule has 0 radical (unpaired) electrons. The maximum atomic E-state index is 10.9. The number of aromatic carboxylic acids is 1. The second kappa shape index (κ2) is 7.70. The number of benzene rings is 1. The molecule has 0 saturated heterocycles. The maximum absolute atomic E-state index is 10.9. The molecule has 142 valence electrons. The third-order valence-corrected chi connectivity index (χ3v) is 4.17. The number of hydrogen-bond acceptors (Lipinski definition) is 7. The first-order valence-corrected chi connectivity index (χ1v) is 8.27. The van der Waals surface area contributed by atoms with Crippen molar-refractivity contribution < 1.29 is 14.8 Å². The minimum atomic E-state index is -1.22. The van der Waals surface area contributed by atoms with E-state index >= 15 is 0 Å². The highest BCUT2D eigenvalue weighted by atomic mass is 16.6. The van der Waals surface area contributed by atoms with E-state index in [4.69, 9.17) is 0 Å². The minimum absolute atomic E-state index is 0.0947. The third-order valence-electron chi connectivity index (χ3n) is 4.17. The number of carbonyl (C=O) groups is 1. The molecule has 28 heavy (non-hydrogen) atoms. The molecule has 0 fully saturated rings. The number of carboxylic acids is 1. The number of carboxylic acid groups (broad SMARTS) is 1. The molecule has 0 aliphatic rings. The van der Waals surface area contributed by atoms with Crippen molar-refractivity contribution in [3.8, 4) is 5.69 Å². The summed E-state index contributed by atoms with van der Waals surface area (Å²) in [6, 6.07) is 11.2. The van der Waals surface area contributed by atoms with E-state index in [0.717, 1.165) is 28.8 Å². The van der Waals surface area contributed by atoms with E-state index in [-0.39, 0.29) is 11.3 Å². The zero-order valence-corrected chi connectivity index (χ0v) is 15.1. The van der Waals surface area contributed by atoms with Crippen molar-refractivity contribution in [1.82, 2.24) is 9.55 Å². The van der Waals surface area contributed by atoms with Crippen molar-refractivity contribution in [3.63, 3.8) is 0 Å². The van der Waals surface area contributed by atoms with Crippen molar-refractivity contribution in [1.29, 1.82) is 0 Å². The van der Waals surface area contributed by atoms with Crippen LogP contribution in [0.5, 0.6) is 0 Å². The number of rotatable bonds is 6. The number of aromatic nitrogens is 2. The van der Waals surface area contributed by atoms with E-state index in [1.165, 1.54) is 24.3 Å². The molecule has 2 heterocycles.